The first-order valence-electron chi connectivity index (χ1n) is 9.02. The van der Waals surface area contributed by atoms with Crippen molar-refractivity contribution in [3.63, 3.8) is 0 Å². The van der Waals surface area contributed by atoms with Crippen molar-refractivity contribution in [1.82, 2.24) is 4.98 Å². The van der Waals surface area contributed by atoms with Crippen molar-refractivity contribution in [1.29, 1.82) is 0 Å². The minimum Gasteiger partial charge on any atom is -0.383 e. The molecule has 0 aliphatic carbocycles. The van der Waals surface area contributed by atoms with Gasteiger partial charge in [-0.2, -0.15) is 0 Å². The van der Waals surface area contributed by atoms with Gasteiger partial charge in [0, 0.05) is 30.5 Å². The van der Waals surface area contributed by atoms with E-state index in [-0.39, 0.29) is 12.5 Å². The zero-order valence-corrected chi connectivity index (χ0v) is 17.2. The molecule has 1 heterocycles. The molecule has 2 aromatic rings. The number of anilines is 1. The van der Waals surface area contributed by atoms with Crippen LogP contribution in [-0.4, -0.2) is 36.9 Å². The van der Waals surface area contributed by atoms with Gasteiger partial charge < -0.3 is 15.8 Å². The first-order chi connectivity index (χ1) is 13.5. The number of nitrogens with one attached hydrogen (secondary N) is 1. The highest BCUT2D eigenvalue weighted by Crippen LogP contribution is 2.27. The highest BCUT2D eigenvalue weighted by Gasteiger charge is 2.15. The van der Waals surface area contributed by atoms with E-state index in [1.807, 2.05) is 42.7 Å². The molecule has 28 heavy (non-hydrogen) atoms. The minimum absolute atomic E-state index is 0.162. The number of allylic oxidation sites excluding steroid dienone is 3. The number of ether oxygens (including phenoxy) is 1. The molecule has 1 atom stereocenters. The van der Waals surface area contributed by atoms with Crippen LogP contribution in [0.3, 0.4) is 0 Å². The van der Waals surface area contributed by atoms with E-state index in [1.165, 1.54) is 18.4 Å². The maximum Gasteiger partial charge on any atom is 0.245 e. The number of aliphatic imine (C=N–C) groups is 1. The van der Waals surface area contributed by atoms with Crippen LogP contribution in [0.25, 0.3) is 16.8 Å². The number of amides is 1. The molecule has 0 radical (unpaired) electrons. The molecule has 0 aliphatic rings. The van der Waals surface area contributed by atoms with E-state index in [0.29, 0.717) is 5.13 Å². The third kappa shape index (κ3) is 6.53. The third-order valence-electron chi connectivity index (χ3n) is 3.87. The summed E-state index contributed by atoms with van der Waals surface area (Å²) in [6.07, 6.45) is 8.53. The summed E-state index contributed by atoms with van der Waals surface area (Å²) in [6, 6.07) is 7.37. The monoisotopic (exact) mass is 398 g/mol. The molecule has 1 aromatic heterocycles. The van der Waals surface area contributed by atoms with Crippen LogP contribution in [0.1, 0.15) is 25.8 Å². The Bertz CT molecular complexity index is 871. The lowest BCUT2D eigenvalue weighted by molar-refractivity contribution is -0.118. The summed E-state index contributed by atoms with van der Waals surface area (Å²) >= 11 is 1.36. The van der Waals surface area contributed by atoms with Crippen molar-refractivity contribution in [2.24, 2.45) is 10.7 Å². The highest BCUT2D eigenvalue weighted by atomic mass is 32.1. The average molecular weight is 399 g/mol. The number of hydrogen-bond acceptors (Lipinski definition) is 6. The molecule has 0 fully saturated rings. The maximum absolute atomic E-state index is 12.0. The number of thiazole rings is 1. The smallest absolute Gasteiger partial charge is 0.245 e. The van der Waals surface area contributed by atoms with Gasteiger partial charge in [0.2, 0.25) is 5.91 Å². The summed E-state index contributed by atoms with van der Waals surface area (Å²) in [5.41, 5.74) is 9.70. The molecule has 1 unspecified atom stereocenters. The second kappa shape index (κ2) is 11.3. The van der Waals surface area contributed by atoms with E-state index < -0.39 is 6.04 Å². The Morgan fingerprint density at radius 3 is 3.04 bits per heavy atom. The largest absolute Gasteiger partial charge is 0.383 e. The van der Waals surface area contributed by atoms with Gasteiger partial charge >= 0.3 is 0 Å². The van der Waals surface area contributed by atoms with Crippen molar-refractivity contribution in [3.05, 3.63) is 53.6 Å². The molecular formula is C21H26N4O2S. The SMILES string of the molecule is CC/C=C/N=C\C=C(/C)c1cccc(-c2csc(NC(=O)C(N)COC)n2)c1. The molecule has 0 spiro atoms. The van der Waals surface area contributed by atoms with Gasteiger partial charge in [-0.25, -0.2) is 4.98 Å². The number of benzene rings is 1. The number of nitrogens with two attached hydrogens (primary N) is 1. The zero-order valence-electron chi connectivity index (χ0n) is 16.4. The molecule has 3 N–H and O–H groups in total. The predicted molar refractivity (Wildman–Crippen MR) is 118 cm³/mol. The number of carbonyl (C=O) groups excluding carboxylic acids is 1. The van der Waals surface area contributed by atoms with E-state index in [4.69, 9.17) is 10.5 Å². The molecule has 0 aliphatic heterocycles. The summed E-state index contributed by atoms with van der Waals surface area (Å²) in [4.78, 5) is 20.7. The minimum atomic E-state index is -0.720. The van der Waals surface area contributed by atoms with Gasteiger partial charge in [0.05, 0.1) is 12.3 Å². The van der Waals surface area contributed by atoms with E-state index >= 15 is 0 Å². The fraction of sp³-hybridized carbons (Fsp3) is 0.286. The molecule has 1 aromatic carbocycles. The van der Waals surface area contributed by atoms with Gasteiger partial charge in [0.1, 0.15) is 6.04 Å². The highest BCUT2D eigenvalue weighted by molar-refractivity contribution is 7.14. The fourth-order valence-electron chi connectivity index (χ4n) is 2.31. The molecule has 0 bridgehead atoms. The number of carbonyl (C=O) groups is 1. The van der Waals surface area contributed by atoms with Crippen LogP contribution < -0.4 is 11.1 Å². The number of nitrogens with zero attached hydrogens (tertiary/aromatic N) is 2. The summed E-state index contributed by atoms with van der Waals surface area (Å²) in [7, 11) is 1.51. The van der Waals surface area contributed by atoms with Crippen LogP contribution in [0, 0.1) is 0 Å². The summed E-state index contributed by atoms with van der Waals surface area (Å²) in [6.45, 7) is 4.27. The van der Waals surface area contributed by atoms with Crippen LogP contribution in [0.4, 0.5) is 5.13 Å². The average Bonchev–Trinajstić information content (AvgIpc) is 3.16. The van der Waals surface area contributed by atoms with Crippen molar-refractivity contribution in [3.8, 4) is 11.3 Å². The van der Waals surface area contributed by atoms with E-state index in [1.54, 1.807) is 12.4 Å². The van der Waals surface area contributed by atoms with Crippen LogP contribution >= 0.6 is 11.3 Å². The Hall–Kier alpha value is -2.61. The lowest BCUT2D eigenvalue weighted by Gasteiger charge is -2.08. The second-order valence-corrected chi connectivity index (χ2v) is 6.97. The molecule has 6 nitrogen and oxygen atoms in total. The van der Waals surface area contributed by atoms with Crippen molar-refractivity contribution in [2.75, 3.05) is 19.0 Å². The van der Waals surface area contributed by atoms with Crippen LogP contribution in [0.5, 0.6) is 0 Å². The van der Waals surface area contributed by atoms with Gasteiger partial charge in [0.25, 0.3) is 0 Å². The lowest BCUT2D eigenvalue weighted by atomic mass is 10.0. The van der Waals surface area contributed by atoms with Crippen molar-refractivity contribution >= 4 is 34.2 Å². The van der Waals surface area contributed by atoms with Crippen LogP contribution in [-0.2, 0) is 9.53 Å². The van der Waals surface area contributed by atoms with E-state index in [0.717, 1.165) is 28.8 Å². The number of rotatable bonds is 9. The summed E-state index contributed by atoms with van der Waals surface area (Å²) < 4.78 is 4.90. The van der Waals surface area contributed by atoms with Gasteiger partial charge in [-0.3, -0.25) is 9.79 Å². The molecule has 7 heteroatoms. The Kier molecular flexibility index (Phi) is 8.74. The first-order valence-corrected chi connectivity index (χ1v) is 9.90. The Balaban J connectivity index is 2.11. The number of hydrogen-bond donors (Lipinski definition) is 2. The predicted octanol–water partition coefficient (Wildman–Crippen LogP) is 4.12. The van der Waals surface area contributed by atoms with Gasteiger partial charge in [-0.1, -0.05) is 31.2 Å². The van der Waals surface area contributed by atoms with Crippen LogP contribution in [0.15, 0.2) is 53.0 Å². The third-order valence-corrected chi connectivity index (χ3v) is 4.63. The Labute approximate surface area is 169 Å². The quantitative estimate of drug-likeness (QED) is 0.622. The van der Waals surface area contributed by atoms with E-state index in [9.17, 15) is 4.79 Å². The second-order valence-electron chi connectivity index (χ2n) is 6.11. The first kappa shape index (κ1) is 21.7. The topological polar surface area (TPSA) is 89.6 Å². The lowest BCUT2D eigenvalue weighted by Crippen LogP contribution is -2.39. The molecule has 148 valence electrons. The fourth-order valence-corrected chi connectivity index (χ4v) is 3.03. The molecular weight excluding hydrogens is 372 g/mol. The normalized spacial score (nSPS) is 13.4. The molecule has 2 rings (SSSR count). The summed E-state index contributed by atoms with van der Waals surface area (Å²) in [5.74, 6) is -0.313. The standard InChI is InChI=1S/C21H26N4O2S/c1-4-5-10-23-11-9-15(2)16-7-6-8-17(12-16)19-14-28-21(24-19)25-20(26)18(22)13-27-3/h5-12,14,18H,4,13,22H2,1-3H3,(H,24,25,26)/b10-5+,15-9+,23-11-. The summed E-state index contributed by atoms with van der Waals surface area (Å²) in [5, 5.41) is 5.15. The van der Waals surface area contributed by atoms with Gasteiger partial charge in [-0.05, 0) is 36.6 Å². The molecule has 1 amide bonds. The Morgan fingerprint density at radius 2 is 2.29 bits per heavy atom. The van der Waals surface area contributed by atoms with Gasteiger partial charge in [0.15, 0.2) is 5.13 Å². The zero-order chi connectivity index (χ0) is 20.4. The van der Waals surface area contributed by atoms with Crippen LogP contribution in [0.2, 0.25) is 0 Å². The van der Waals surface area contributed by atoms with Gasteiger partial charge in [-0.15, -0.1) is 11.3 Å². The Morgan fingerprint density at radius 1 is 1.46 bits per heavy atom. The molecule has 0 saturated carbocycles. The molecule has 0 saturated heterocycles. The number of methoxy groups -OCH3 is 1. The van der Waals surface area contributed by atoms with Crippen molar-refractivity contribution in [2.45, 2.75) is 26.3 Å². The van der Waals surface area contributed by atoms with E-state index in [2.05, 4.69) is 28.3 Å². The number of aromatic nitrogens is 1. The van der Waals surface area contributed by atoms with Crippen molar-refractivity contribution < 1.29 is 9.53 Å². The maximum atomic E-state index is 12.0.